The molecule has 0 radical (unpaired) electrons. The van der Waals surface area contributed by atoms with Crippen LogP contribution < -0.4 is 5.43 Å². The molecule has 0 aliphatic carbocycles. The van der Waals surface area contributed by atoms with Crippen molar-refractivity contribution in [3.8, 4) is 0 Å². The topological polar surface area (TPSA) is 88.3 Å². The Morgan fingerprint density at radius 1 is 1.29 bits per heavy atom. The molecule has 0 bridgehead atoms. The zero-order valence-electron chi connectivity index (χ0n) is 12.0. The molecule has 1 aromatic carbocycles. The summed E-state index contributed by atoms with van der Waals surface area (Å²) in [6.45, 7) is 4.06. The Labute approximate surface area is 128 Å². The minimum atomic E-state index is -3.53. The Bertz CT molecular complexity index is 571. The fourth-order valence-electron chi connectivity index (χ4n) is 2.09. The van der Waals surface area contributed by atoms with Crippen molar-refractivity contribution in [3.63, 3.8) is 0 Å². The minimum Gasteiger partial charge on any atom is -0.307 e. The summed E-state index contributed by atoms with van der Waals surface area (Å²) in [5, 5.41) is 12.2. The predicted octanol–water partition coefficient (Wildman–Crippen LogP) is 2.34. The Balaban J connectivity index is 2.60. The van der Waals surface area contributed by atoms with Gasteiger partial charge in [-0.3, -0.25) is 4.57 Å². The minimum absolute atomic E-state index is 0.223. The number of nitrogens with zero attached hydrogens (tertiary/aromatic N) is 1. The van der Waals surface area contributed by atoms with Gasteiger partial charge in [0.15, 0.2) is 4.49 Å². The van der Waals surface area contributed by atoms with Crippen LogP contribution in [0.15, 0.2) is 35.4 Å². The molecular weight excluding hydrogens is 309 g/mol. The second kappa shape index (κ2) is 6.85. The number of thioether (sulfide) groups is 1. The van der Waals surface area contributed by atoms with Gasteiger partial charge in [0.25, 0.3) is 5.17 Å². The molecule has 0 fully saturated rings. The van der Waals surface area contributed by atoms with E-state index in [0.717, 1.165) is 17.3 Å². The smallest absolute Gasteiger partial charge is 0.307 e. The molecule has 0 amide bonds. The summed E-state index contributed by atoms with van der Waals surface area (Å²) in [6.07, 6.45) is 1.57. The third-order valence-corrected chi connectivity index (χ3v) is 7.21. The maximum Gasteiger partial charge on any atom is 0.357 e. The van der Waals surface area contributed by atoms with Gasteiger partial charge in [-0.25, -0.2) is 5.41 Å². The Kier molecular flexibility index (Phi) is 5.35. The quantitative estimate of drug-likeness (QED) is 0.620. The second-order valence-electron chi connectivity index (χ2n) is 4.27. The Morgan fingerprint density at radius 3 is 2.43 bits per heavy atom. The van der Waals surface area contributed by atoms with Gasteiger partial charge in [0.1, 0.15) is 0 Å². The van der Waals surface area contributed by atoms with Crippen LogP contribution in [-0.2, 0) is 18.1 Å². The molecule has 1 heterocycles. The van der Waals surface area contributed by atoms with Crippen molar-refractivity contribution in [1.82, 2.24) is 0 Å². The van der Waals surface area contributed by atoms with E-state index in [1.165, 1.54) is 5.43 Å². The first kappa shape index (κ1) is 16.4. The van der Waals surface area contributed by atoms with Gasteiger partial charge in [-0.15, -0.1) is 0 Å². The highest BCUT2D eigenvalue weighted by Crippen LogP contribution is 2.69. The molecule has 0 aromatic heterocycles. The van der Waals surface area contributed by atoms with E-state index in [9.17, 15) is 4.57 Å². The Morgan fingerprint density at radius 2 is 1.90 bits per heavy atom. The first-order valence-corrected chi connectivity index (χ1v) is 9.03. The van der Waals surface area contributed by atoms with E-state index < -0.39 is 12.1 Å². The summed E-state index contributed by atoms with van der Waals surface area (Å²) in [4.78, 5) is 0. The molecule has 0 spiro atoms. The molecular formula is C13H19N3O3PS+. The number of amidine groups is 1. The normalized spacial score (nSPS) is 22.5. The van der Waals surface area contributed by atoms with Gasteiger partial charge >= 0.3 is 7.60 Å². The maximum absolute atomic E-state index is 13.4. The van der Waals surface area contributed by atoms with Crippen LogP contribution in [0.5, 0.6) is 0 Å². The highest BCUT2D eigenvalue weighted by atomic mass is 32.2. The van der Waals surface area contributed by atoms with E-state index in [-0.39, 0.29) is 18.4 Å². The van der Waals surface area contributed by atoms with E-state index in [1.54, 1.807) is 20.1 Å². The molecule has 1 aliphatic heterocycles. The molecule has 114 valence electrons. The third kappa shape index (κ3) is 3.12. The van der Waals surface area contributed by atoms with E-state index in [4.69, 9.17) is 14.5 Å². The molecule has 0 saturated heterocycles. The molecule has 21 heavy (non-hydrogen) atoms. The second-order valence-corrected chi connectivity index (χ2v) is 8.08. The fraction of sp³-hybridized carbons (Fsp3) is 0.385. The molecule has 8 heteroatoms. The highest BCUT2D eigenvalue weighted by molar-refractivity contribution is 8.18. The summed E-state index contributed by atoms with van der Waals surface area (Å²) in [5.74, 6) is 0. The van der Waals surface area contributed by atoms with Crippen molar-refractivity contribution in [3.05, 3.63) is 35.9 Å². The van der Waals surface area contributed by atoms with Crippen LogP contribution in [0.4, 0.5) is 0 Å². The lowest BCUT2D eigenvalue weighted by atomic mass is 10.1. The number of hydrogen-bond donors (Lipinski definition) is 2. The van der Waals surface area contributed by atoms with Crippen LogP contribution in [0, 0.1) is 5.41 Å². The van der Waals surface area contributed by atoms with Gasteiger partial charge in [-0.05, 0) is 31.2 Å². The number of nitrogens with one attached hydrogen (secondary N) is 1. The Hall–Kier alpha value is -0.980. The van der Waals surface area contributed by atoms with Crippen LogP contribution in [0.3, 0.4) is 0 Å². The van der Waals surface area contributed by atoms with Crippen LogP contribution in [0.25, 0.3) is 0 Å². The molecule has 0 saturated carbocycles. The number of quaternary nitrogens is 1. The molecule has 1 atom stereocenters. The van der Waals surface area contributed by atoms with Gasteiger partial charge in [-0.2, -0.15) is 5.43 Å². The van der Waals surface area contributed by atoms with Crippen LogP contribution >= 0.6 is 19.4 Å². The first-order chi connectivity index (χ1) is 10.1. The molecule has 1 unspecified atom stereocenters. The number of rotatable bonds is 6. The summed E-state index contributed by atoms with van der Waals surface area (Å²) in [6, 6.07) is 9.29. The number of nitrogens with two attached hydrogens (primary N) is 1. The van der Waals surface area contributed by atoms with Crippen molar-refractivity contribution >= 4 is 30.7 Å². The van der Waals surface area contributed by atoms with Gasteiger partial charge in [-0.1, -0.05) is 35.4 Å². The summed E-state index contributed by atoms with van der Waals surface area (Å²) < 4.78 is 23.3. The van der Waals surface area contributed by atoms with E-state index in [1.807, 2.05) is 30.3 Å². The van der Waals surface area contributed by atoms with Gasteiger partial charge < -0.3 is 9.05 Å². The van der Waals surface area contributed by atoms with Gasteiger partial charge in [0.2, 0.25) is 0 Å². The summed E-state index contributed by atoms with van der Waals surface area (Å²) in [7, 11) is -3.53. The van der Waals surface area contributed by atoms with E-state index in [2.05, 4.69) is 5.10 Å². The lowest BCUT2D eigenvalue weighted by molar-refractivity contribution is -0.541. The monoisotopic (exact) mass is 328 g/mol. The molecule has 3 N–H and O–H groups in total. The van der Waals surface area contributed by atoms with Crippen molar-refractivity contribution in [2.45, 2.75) is 18.3 Å². The van der Waals surface area contributed by atoms with Crippen LogP contribution in [-0.4, -0.2) is 24.6 Å². The van der Waals surface area contributed by atoms with Crippen LogP contribution in [0.2, 0.25) is 0 Å². The zero-order chi connectivity index (χ0) is 15.3. The average Bonchev–Trinajstić information content (AvgIpc) is 2.48. The zero-order valence-corrected chi connectivity index (χ0v) is 13.7. The first-order valence-electron chi connectivity index (χ1n) is 6.68. The number of hydrogen-bond acceptors (Lipinski definition) is 6. The SMILES string of the molecule is CCOP(=O)(OCC)C1(c2ccccc2)C=N[NH2+]C(=N)S1. The lowest BCUT2D eigenvalue weighted by Crippen LogP contribution is -2.83. The van der Waals surface area contributed by atoms with E-state index in [0.29, 0.717) is 0 Å². The van der Waals surface area contributed by atoms with Crippen molar-refractivity contribution < 1.29 is 19.0 Å². The largest absolute Gasteiger partial charge is 0.357 e. The molecule has 1 aliphatic rings. The molecule has 2 rings (SSSR count). The fourth-order valence-corrected chi connectivity index (χ4v) is 5.78. The standard InChI is InChI=1S/C13H18N3O3PS/c1-3-18-20(17,19-4-2)13(10-15-16-12(14)21-13)11-8-6-5-7-9-11/h5-10H,3-4H2,1-2H3,(H2,14,16)/p+1. The van der Waals surface area contributed by atoms with Crippen molar-refractivity contribution in [2.24, 2.45) is 5.10 Å². The predicted molar refractivity (Wildman–Crippen MR) is 84.7 cm³/mol. The maximum atomic E-state index is 13.4. The lowest BCUT2D eigenvalue weighted by Gasteiger charge is -2.35. The highest BCUT2D eigenvalue weighted by Gasteiger charge is 2.56. The molecule has 1 aromatic rings. The van der Waals surface area contributed by atoms with Gasteiger partial charge in [0.05, 0.1) is 19.4 Å². The molecule has 6 nitrogen and oxygen atoms in total. The summed E-state index contributed by atoms with van der Waals surface area (Å²) >= 11 is 1.14. The number of benzene rings is 1. The summed E-state index contributed by atoms with van der Waals surface area (Å²) in [5.41, 5.74) is 2.18. The average molecular weight is 328 g/mol. The van der Waals surface area contributed by atoms with Crippen molar-refractivity contribution in [2.75, 3.05) is 13.2 Å². The van der Waals surface area contributed by atoms with Gasteiger partial charge in [0, 0.05) is 0 Å². The van der Waals surface area contributed by atoms with E-state index >= 15 is 0 Å². The van der Waals surface area contributed by atoms with Crippen LogP contribution in [0.1, 0.15) is 19.4 Å². The van der Waals surface area contributed by atoms with Crippen molar-refractivity contribution in [1.29, 1.82) is 5.41 Å². The third-order valence-electron chi connectivity index (χ3n) is 2.90.